The number of aromatic nitrogens is 2. The first kappa shape index (κ1) is 21.0. The number of imidazole rings is 1. The van der Waals surface area contributed by atoms with E-state index in [4.69, 9.17) is 4.74 Å². The number of fused-ring (bicyclic) bond motifs is 1. The third-order valence-electron chi connectivity index (χ3n) is 6.33. The molecule has 32 heavy (non-hydrogen) atoms. The summed E-state index contributed by atoms with van der Waals surface area (Å²) in [6.07, 6.45) is 3.35. The molecule has 0 saturated carbocycles. The van der Waals surface area contributed by atoms with Gasteiger partial charge in [-0.15, -0.1) is 0 Å². The fourth-order valence-electron chi connectivity index (χ4n) is 4.67. The second kappa shape index (κ2) is 8.22. The number of methoxy groups -OCH3 is 1. The van der Waals surface area contributed by atoms with Gasteiger partial charge in [-0.3, -0.25) is 4.79 Å². The molecule has 0 unspecified atom stereocenters. The van der Waals surface area contributed by atoms with Crippen molar-refractivity contribution < 1.29 is 17.9 Å². The van der Waals surface area contributed by atoms with Gasteiger partial charge in [0.1, 0.15) is 16.5 Å². The Hall–Kier alpha value is -2.91. The maximum atomic E-state index is 13.5. The highest BCUT2D eigenvalue weighted by Gasteiger charge is 2.35. The van der Waals surface area contributed by atoms with Crippen LogP contribution in [0.25, 0.3) is 11.0 Å². The first-order valence-electron chi connectivity index (χ1n) is 10.9. The van der Waals surface area contributed by atoms with Gasteiger partial charge in [0.15, 0.2) is 0 Å². The summed E-state index contributed by atoms with van der Waals surface area (Å²) in [5.74, 6) is 0.813. The number of amides is 1. The molecule has 3 aromatic rings. The molecule has 0 radical (unpaired) electrons. The van der Waals surface area contributed by atoms with Crippen molar-refractivity contribution in [2.24, 2.45) is 0 Å². The Morgan fingerprint density at radius 1 is 1.09 bits per heavy atom. The van der Waals surface area contributed by atoms with Gasteiger partial charge in [-0.05, 0) is 56.0 Å². The summed E-state index contributed by atoms with van der Waals surface area (Å²) in [7, 11) is -2.28. The summed E-state index contributed by atoms with van der Waals surface area (Å²) >= 11 is 0. The first-order chi connectivity index (χ1) is 15.5. The number of sulfonamides is 1. The quantitative estimate of drug-likeness (QED) is 0.638. The zero-order valence-corrected chi connectivity index (χ0v) is 18.8. The third-order valence-corrected chi connectivity index (χ3v) is 8.25. The number of ether oxygens (including phenoxy) is 1. The molecule has 2 fully saturated rings. The number of nitrogens with zero attached hydrogens (tertiary/aromatic N) is 3. The maximum Gasteiger partial charge on any atom is 0.254 e. The van der Waals surface area contributed by atoms with Gasteiger partial charge in [-0.1, -0.05) is 12.1 Å². The smallest absolute Gasteiger partial charge is 0.254 e. The minimum absolute atomic E-state index is 0.0484. The number of benzene rings is 2. The Labute approximate surface area is 187 Å². The molecule has 2 saturated heterocycles. The third kappa shape index (κ3) is 3.55. The van der Waals surface area contributed by atoms with Crippen LogP contribution in [0.3, 0.4) is 0 Å². The first-order valence-corrected chi connectivity index (χ1v) is 12.4. The van der Waals surface area contributed by atoms with Crippen LogP contribution in [-0.4, -0.2) is 60.2 Å². The predicted octanol–water partition coefficient (Wildman–Crippen LogP) is 3.33. The number of rotatable bonds is 5. The topological polar surface area (TPSA) is 95.6 Å². The van der Waals surface area contributed by atoms with Gasteiger partial charge in [0.05, 0.1) is 24.2 Å². The molecule has 2 aromatic carbocycles. The summed E-state index contributed by atoms with van der Waals surface area (Å²) in [4.78, 5) is 23.3. The van der Waals surface area contributed by atoms with Crippen LogP contribution < -0.4 is 4.74 Å². The van der Waals surface area contributed by atoms with E-state index in [-0.39, 0.29) is 22.6 Å². The summed E-state index contributed by atoms with van der Waals surface area (Å²) in [6, 6.07) is 12.3. The van der Waals surface area contributed by atoms with Gasteiger partial charge >= 0.3 is 0 Å². The molecule has 1 N–H and O–H groups in total. The number of hydrogen-bond donors (Lipinski definition) is 1. The average molecular weight is 455 g/mol. The van der Waals surface area contributed by atoms with Crippen LogP contribution in [0.1, 0.15) is 47.9 Å². The van der Waals surface area contributed by atoms with E-state index in [0.717, 1.165) is 42.5 Å². The lowest BCUT2D eigenvalue weighted by Gasteiger charge is -2.24. The van der Waals surface area contributed by atoms with Gasteiger partial charge in [0.25, 0.3) is 5.91 Å². The van der Waals surface area contributed by atoms with E-state index in [9.17, 15) is 13.2 Å². The van der Waals surface area contributed by atoms with E-state index in [1.807, 2.05) is 24.3 Å². The van der Waals surface area contributed by atoms with E-state index >= 15 is 0 Å². The Kier molecular flexibility index (Phi) is 5.38. The number of para-hydroxylation sites is 2. The zero-order chi connectivity index (χ0) is 22.3. The van der Waals surface area contributed by atoms with E-state index in [1.165, 1.54) is 17.5 Å². The Morgan fingerprint density at radius 2 is 1.88 bits per heavy atom. The highest BCUT2D eigenvalue weighted by atomic mass is 32.2. The second-order valence-electron chi connectivity index (χ2n) is 8.27. The van der Waals surface area contributed by atoms with Gasteiger partial charge in [-0.2, -0.15) is 4.31 Å². The number of hydrogen-bond acceptors (Lipinski definition) is 5. The molecule has 3 heterocycles. The molecule has 2 aliphatic rings. The lowest BCUT2D eigenvalue weighted by Crippen LogP contribution is -2.32. The minimum Gasteiger partial charge on any atom is -0.495 e. The van der Waals surface area contributed by atoms with Gasteiger partial charge in [0.2, 0.25) is 10.0 Å². The molecule has 9 heteroatoms. The van der Waals surface area contributed by atoms with Crippen LogP contribution in [0.5, 0.6) is 5.75 Å². The number of H-pyrrole nitrogens is 1. The van der Waals surface area contributed by atoms with Crippen LogP contribution in [0.15, 0.2) is 47.4 Å². The van der Waals surface area contributed by atoms with Crippen LogP contribution in [0.4, 0.5) is 0 Å². The SMILES string of the molecule is COc1ccc(C(=O)N2CCC[C@@H]2c2nc3ccccc3[nH]2)cc1S(=O)(=O)N1CCCC1. The molecule has 8 nitrogen and oxygen atoms in total. The Bertz CT molecular complexity index is 1230. The molecule has 0 aliphatic carbocycles. The molecule has 5 rings (SSSR count). The lowest BCUT2D eigenvalue weighted by molar-refractivity contribution is 0.0730. The minimum atomic E-state index is -3.72. The van der Waals surface area contributed by atoms with E-state index in [1.54, 1.807) is 17.0 Å². The van der Waals surface area contributed by atoms with Crippen molar-refractivity contribution >= 4 is 27.0 Å². The Balaban J connectivity index is 1.48. The molecule has 2 aliphatic heterocycles. The average Bonchev–Trinajstić information content (AvgIpc) is 3.57. The van der Waals surface area contributed by atoms with Crippen molar-refractivity contribution in [3.63, 3.8) is 0 Å². The largest absolute Gasteiger partial charge is 0.495 e. The molecule has 0 spiro atoms. The number of likely N-dealkylation sites (tertiary alicyclic amines) is 1. The van der Waals surface area contributed by atoms with Crippen molar-refractivity contribution in [2.75, 3.05) is 26.7 Å². The van der Waals surface area contributed by atoms with Gasteiger partial charge < -0.3 is 14.6 Å². The fraction of sp³-hybridized carbons (Fsp3) is 0.391. The molecular weight excluding hydrogens is 428 g/mol. The van der Waals surface area contributed by atoms with Crippen LogP contribution in [-0.2, 0) is 10.0 Å². The number of nitrogens with one attached hydrogen (secondary N) is 1. The number of carbonyl (C=O) groups is 1. The van der Waals surface area contributed by atoms with Crippen LogP contribution >= 0.6 is 0 Å². The summed E-state index contributed by atoms with van der Waals surface area (Å²) in [5.41, 5.74) is 2.14. The van der Waals surface area contributed by atoms with E-state index < -0.39 is 10.0 Å². The second-order valence-corrected chi connectivity index (χ2v) is 10.2. The molecular formula is C23H26N4O4S. The summed E-state index contributed by atoms with van der Waals surface area (Å²) in [5, 5.41) is 0. The molecule has 1 atom stereocenters. The molecule has 1 aromatic heterocycles. The summed E-state index contributed by atoms with van der Waals surface area (Å²) in [6.45, 7) is 1.58. The normalized spacial score (nSPS) is 19.7. The maximum absolute atomic E-state index is 13.5. The van der Waals surface area contributed by atoms with E-state index in [2.05, 4.69) is 9.97 Å². The zero-order valence-electron chi connectivity index (χ0n) is 18.0. The van der Waals surface area contributed by atoms with Crippen molar-refractivity contribution in [1.82, 2.24) is 19.2 Å². The highest BCUT2D eigenvalue weighted by molar-refractivity contribution is 7.89. The Morgan fingerprint density at radius 3 is 2.62 bits per heavy atom. The standard InChI is InChI=1S/C23H26N4O4S/c1-31-20-11-10-16(15-21(20)32(29,30)26-12-4-5-13-26)23(28)27-14-6-9-19(27)22-24-17-7-2-3-8-18(17)25-22/h2-3,7-8,10-11,15,19H,4-6,9,12-14H2,1H3,(H,24,25)/t19-/m1/s1. The highest BCUT2D eigenvalue weighted by Crippen LogP contribution is 2.35. The lowest BCUT2D eigenvalue weighted by atomic mass is 10.1. The van der Waals surface area contributed by atoms with Crippen molar-refractivity contribution in [2.45, 2.75) is 36.6 Å². The van der Waals surface area contributed by atoms with E-state index in [0.29, 0.717) is 25.2 Å². The van der Waals surface area contributed by atoms with Gasteiger partial charge in [0, 0.05) is 25.2 Å². The van der Waals surface area contributed by atoms with Crippen LogP contribution in [0.2, 0.25) is 0 Å². The predicted molar refractivity (Wildman–Crippen MR) is 120 cm³/mol. The van der Waals surface area contributed by atoms with Crippen molar-refractivity contribution in [3.8, 4) is 5.75 Å². The van der Waals surface area contributed by atoms with Gasteiger partial charge in [-0.25, -0.2) is 13.4 Å². The van der Waals surface area contributed by atoms with Crippen LogP contribution in [0, 0.1) is 0 Å². The number of aromatic amines is 1. The molecule has 1 amide bonds. The monoisotopic (exact) mass is 454 g/mol. The number of carbonyl (C=O) groups excluding carboxylic acids is 1. The van der Waals surface area contributed by atoms with Crippen molar-refractivity contribution in [3.05, 3.63) is 53.9 Å². The summed E-state index contributed by atoms with van der Waals surface area (Å²) < 4.78 is 33.2. The molecule has 0 bridgehead atoms. The molecule has 168 valence electrons. The van der Waals surface area contributed by atoms with Crippen molar-refractivity contribution in [1.29, 1.82) is 0 Å². The fourth-order valence-corrected chi connectivity index (χ4v) is 6.37.